The molecule has 0 saturated heterocycles. The van der Waals surface area contributed by atoms with Crippen LogP contribution in [0, 0.1) is 35.5 Å². The van der Waals surface area contributed by atoms with E-state index in [2.05, 4.69) is 0 Å². The number of fused-ring (bicyclic) bond motifs is 5. The number of carbonyl (C=O) groups excluding carboxylic acids is 3. The van der Waals surface area contributed by atoms with E-state index in [0.29, 0.717) is 16.9 Å². The predicted octanol–water partition coefficient (Wildman–Crippen LogP) is 5.31. The van der Waals surface area contributed by atoms with Crippen LogP contribution in [0.3, 0.4) is 0 Å². The van der Waals surface area contributed by atoms with E-state index in [1.165, 1.54) is 24.5 Å². The van der Waals surface area contributed by atoms with E-state index in [-0.39, 0.29) is 31.0 Å². The molecule has 5 rings (SSSR count). The number of hydrogen-bond acceptors (Lipinski definition) is 7. The standard InChI is InChI=1S/C28H32ClFO6S/c1-14-7-9-37-22(14)23(33)36-28(24(34)35-5)15(2)10-17-18-12-20(30)19-11-16(31)6-8-25(19,3)27(18,29)21(32)13-26(17,28)4/h6-9,15,17-18,21,32H,10-13H2,1-5H3/t15-,17?,18?,21+,25+,26+,27+,28+/m1/s1. The average molecular weight is 551 g/mol. The Labute approximate surface area is 224 Å². The number of hydrogen-bond donors (Lipinski definition) is 1. The van der Waals surface area contributed by atoms with Gasteiger partial charge in [-0.2, -0.15) is 0 Å². The summed E-state index contributed by atoms with van der Waals surface area (Å²) in [6.45, 7) is 7.23. The van der Waals surface area contributed by atoms with Crippen LogP contribution in [0.4, 0.5) is 4.39 Å². The van der Waals surface area contributed by atoms with Crippen molar-refractivity contribution in [2.24, 2.45) is 28.6 Å². The Morgan fingerprint density at radius 1 is 1.27 bits per heavy atom. The van der Waals surface area contributed by atoms with Gasteiger partial charge in [-0.05, 0) is 60.3 Å². The summed E-state index contributed by atoms with van der Waals surface area (Å²) in [6.07, 6.45) is 2.21. The predicted molar refractivity (Wildman–Crippen MR) is 137 cm³/mol. The molecule has 1 aromatic heterocycles. The van der Waals surface area contributed by atoms with Gasteiger partial charge < -0.3 is 14.6 Å². The Kier molecular flexibility index (Phi) is 6.09. The van der Waals surface area contributed by atoms with Gasteiger partial charge in [-0.15, -0.1) is 22.9 Å². The zero-order valence-corrected chi connectivity index (χ0v) is 23.2. The van der Waals surface area contributed by atoms with Gasteiger partial charge in [0.1, 0.15) is 10.7 Å². The number of thiophene rings is 1. The molecular weight excluding hydrogens is 519 g/mol. The van der Waals surface area contributed by atoms with E-state index in [9.17, 15) is 19.5 Å². The van der Waals surface area contributed by atoms with Crippen molar-refractivity contribution in [3.8, 4) is 0 Å². The first-order valence-corrected chi connectivity index (χ1v) is 13.9. The highest BCUT2D eigenvalue weighted by Crippen LogP contribution is 2.72. The summed E-state index contributed by atoms with van der Waals surface area (Å²) in [5.74, 6) is -3.33. The van der Waals surface area contributed by atoms with Gasteiger partial charge >= 0.3 is 11.9 Å². The molecule has 4 aliphatic rings. The van der Waals surface area contributed by atoms with Crippen LogP contribution in [0.1, 0.15) is 61.7 Å². The number of allylic oxidation sites excluding steroid dienone is 4. The fourth-order valence-electron chi connectivity index (χ4n) is 8.12. The first-order chi connectivity index (χ1) is 17.3. The molecule has 0 bridgehead atoms. The minimum absolute atomic E-state index is 0.0418. The summed E-state index contributed by atoms with van der Waals surface area (Å²) < 4.78 is 27.1. The second kappa shape index (κ2) is 8.48. The van der Waals surface area contributed by atoms with E-state index in [1.807, 2.05) is 13.8 Å². The highest BCUT2D eigenvalue weighted by atomic mass is 35.5. The lowest BCUT2D eigenvalue weighted by molar-refractivity contribution is -0.197. The Hall–Kier alpha value is -2.03. The number of ketones is 1. The van der Waals surface area contributed by atoms with Crippen LogP contribution in [-0.2, 0) is 19.1 Å². The van der Waals surface area contributed by atoms with Gasteiger partial charge in [0.25, 0.3) is 0 Å². The van der Waals surface area contributed by atoms with Crippen molar-refractivity contribution in [2.75, 3.05) is 7.11 Å². The van der Waals surface area contributed by atoms with Crippen molar-refractivity contribution >= 4 is 40.7 Å². The largest absolute Gasteiger partial charge is 0.466 e. The molecule has 1 heterocycles. The third-order valence-corrected chi connectivity index (χ3v) is 11.9. The van der Waals surface area contributed by atoms with Gasteiger partial charge in [0.2, 0.25) is 5.60 Å². The quantitative estimate of drug-likeness (QED) is 0.405. The van der Waals surface area contributed by atoms with Gasteiger partial charge in [0, 0.05) is 29.6 Å². The normalized spacial score (nSPS) is 42.6. The van der Waals surface area contributed by atoms with Crippen molar-refractivity contribution in [3.63, 3.8) is 0 Å². The monoisotopic (exact) mass is 550 g/mol. The van der Waals surface area contributed by atoms with Crippen molar-refractivity contribution in [3.05, 3.63) is 45.4 Å². The van der Waals surface area contributed by atoms with E-state index in [1.54, 1.807) is 31.4 Å². The van der Waals surface area contributed by atoms with Crippen molar-refractivity contribution in [2.45, 2.75) is 70.0 Å². The van der Waals surface area contributed by atoms with Crippen LogP contribution >= 0.6 is 22.9 Å². The minimum Gasteiger partial charge on any atom is -0.466 e. The van der Waals surface area contributed by atoms with Crippen LogP contribution in [-0.4, -0.2) is 46.5 Å². The summed E-state index contributed by atoms with van der Waals surface area (Å²) in [5, 5.41) is 13.6. The number of methoxy groups -OCH3 is 1. The summed E-state index contributed by atoms with van der Waals surface area (Å²) in [6, 6.07) is 1.80. The van der Waals surface area contributed by atoms with Crippen molar-refractivity contribution in [1.29, 1.82) is 0 Å². The number of esters is 2. The van der Waals surface area contributed by atoms with Crippen LogP contribution in [0.15, 0.2) is 35.0 Å². The molecule has 0 aromatic carbocycles. The average Bonchev–Trinajstić information content (AvgIpc) is 3.36. The first-order valence-electron chi connectivity index (χ1n) is 12.6. The van der Waals surface area contributed by atoms with E-state index in [0.717, 1.165) is 5.56 Å². The van der Waals surface area contributed by atoms with E-state index >= 15 is 4.39 Å². The van der Waals surface area contributed by atoms with Gasteiger partial charge in [0.15, 0.2) is 5.78 Å². The molecule has 0 amide bonds. The zero-order valence-electron chi connectivity index (χ0n) is 21.6. The molecule has 0 spiro atoms. The SMILES string of the molecule is COC(=O)[C@@]1(OC(=O)c2sccc2C)[C@H](C)CC2C3CC(F)=C4CC(=O)C=C[C@]4(C)[C@@]3(Cl)[C@@H](O)C[C@@]21C. The fraction of sp³-hybridized carbons (Fsp3) is 0.607. The molecule has 9 heteroatoms. The number of halogens is 2. The summed E-state index contributed by atoms with van der Waals surface area (Å²) in [7, 11) is 1.25. The molecule has 0 radical (unpaired) electrons. The smallest absolute Gasteiger partial charge is 0.351 e. The maximum Gasteiger partial charge on any atom is 0.351 e. The van der Waals surface area contributed by atoms with Gasteiger partial charge in [-0.25, -0.2) is 14.0 Å². The molecule has 1 aromatic rings. The molecule has 200 valence electrons. The Balaban J connectivity index is 1.65. The van der Waals surface area contributed by atoms with Crippen LogP contribution in [0.25, 0.3) is 0 Å². The molecule has 2 saturated carbocycles. The number of aliphatic hydroxyl groups is 1. The maximum absolute atomic E-state index is 15.7. The Morgan fingerprint density at radius 3 is 2.59 bits per heavy atom. The molecule has 6 nitrogen and oxygen atoms in total. The second-order valence-electron chi connectivity index (χ2n) is 11.6. The lowest BCUT2D eigenvalue weighted by atomic mass is 9.46. The number of aryl methyl sites for hydroxylation is 1. The third-order valence-electron chi connectivity index (χ3n) is 9.99. The minimum atomic E-state index is -1.70. The molecule has 4 aliphatic carbocycles. The zero-order chi connectivity index (χ0) is 27.1. The summed E-state index contributed by atoms with van der Waals surface area (Å²) in [5.41, 5.74) is -2.80. The molecule has 1 N–H and O–H groups in total. The number of alkyl halides is 1. The molecule has 37 heavy (non-hydrogen) atoms. The van der Waals surface area contributed by atoms with Crippen LogP contribution in [0.5, 0.6) is 0 Å². The third kappa shape index (κ3) is 3.21. The lowest BCUT2D eigenvalue weighted by Crippen LogP contribution is -2.69. The number of carbonyl (C=O) groups is 3. The summed E-state index contributed by atoms with van der Waals surface area (Å²) >= 11 is 8.64. The first kappa shape index (κ1) is 26.6. The molecule has 2 unspecified atom stereocenters. The maximum atomic E-state index is 15.7. The Morgan fingerprint density at radius 2 is 1.97 bits per heavy atom. The highest BCUT2D eigenvalue weighted by Gasteiger charge is 2.77. The molecule has 0 aliphatic heterocycles. The lowest BCUT2D eigenvalue weighted by Gasteiger charge is -2.63. The van der Waals surface area contributed by atoms with Crippen LogP contribution in [0.2, 0.25) is 0 Å². The van der Waals surface area contributed by atoms with Gasteiger partial charge in [-0.3, -0.25) is 4.79 Å². The van der Waals surface area contributed by atoms with Gasteiger partial charge in [-0.1, -0.05) is 26.8 Å². The van der Waals surface area contributed by atoms with Crippen LogP contribution < -0.4 is 0 Å². The number of aliphatic hydroxyl groups excluding tert-OH is 1. The summed E-state index contributed by atoms with van der Waals surface area (Å²) in [4.78, 5) is 38.2. The van der Waals surface area contributed by atoms with Crippen molar-refractivity contribution < 1.29 is 33.4 Å². The molecule has 8 atom stereocenters. The second-order valence-corrected chi connectivity index (χ2v) is 13.1. The topological polar surface area (TPSA) is 89.9 Å². The number of ether oxygens (including phenoxy) is 2. The van der Waals surface area contributed by atoms with Crippen molar-refractivity contribution in [1.82, 2.24) is 0 Å². The van der Waals surface area contributed by atoms with Gasteiger partial charge in [0.05, 0.1) is 18.1 Å². The molecule has 2 fully saturated rings. The highest BCUT2D eigenvalue weighted by molar-refractivity contribution is 7.12. The van der Waals surface area contributed by atoms with E-state index < -0.39 is 57.0 Å². The molecular formula is C28H32ClFO6S. The van der Waals surface area contributed by atoms with E-state index in [4.69, 9.17) is 21.1 Å². The number of rotatable bonds is 3. The fourth-order valence-corrected chi connectivity index (χ4v) is 9.40. The Bertz CT molecular complexity index is 1250.